The monoisotopic (exact) mass is 494 g/mol. The number of carbonyl (C=O) groups excluding carboxylic acids is 3. The van der Waals surface area contributed by atoms with Crippen molar-refractivity contribution in [3.05, 3.63) is 32.2 Å². The summed E-state index contributed by atoms with van der Waals surface area (Å²) in [5.74, 6) is -3.32. The minimum absolute atomic E-state index is 0. The minimum Gasteiger partial charge on any atom is -0.481 e. The van der Waals surface area contributed by atoms with Crippen LogP contribution in [0.4, 0.5) is 0 Å². The van der Waals surface area contributed by atoms with E-state index in [4.69, 9.17) is 10.2 Å². The molecule has 0 unspecified atom stereocenters. The summed E-state index contributed by atoms with van der Waals surface area (Å²) in [6.07, 6.45) is 4.50. The molecule has 0 bridgehead atoms. The number of carbonyl (C=O) groups is 5. The Bertz CT molecular complexity index is 651. The fraction of sp³-hybridized carbons (Fsp3) is 0.600. The predicted molar refractivity (Wildman–Crippen MR) is 131 cm³/mol. The van der Waals surface area contributed by atoms with Gasteiger partial charge in [0.1, 0.15) is 12.8 Å². The van der Waals surface area contributed by atoms with E-state index < -0.39 is 41.1 Å². The van der Waals surface area contributed by atoms with Crippen molar-refractivity contribution in [2.75, 3.05) is 13.2 Å². The molecule has 0 saturated heterocycles. The quantitative estimate of drug-likeness (QED) is 0.144. The van der Waals surface area contributed by atoms with Crippen LogP contribution in [0.3, 0.4) is 0 Å². The van der Waals surface area contributed by atoms with Crippen molar-refractivity contribution >= 4 is 29.7 Å². The van der Waals surface area contributed by atoms with Crippen LogP contribution in [-0.2, 0) is 33.4 Å². The molecule has 10 heteroatoms. The van der Waals surface area contributed by atoms with Gasteiger partial charge >= 0.3 is 42.7 Å². The van der Waals surface area contributed by atoms with E-state index in [1.54, 1.807) is 41.5 Å². The first kappa shape index (κ1) is 42.8. The fourth-order valence-corrected chi connectivity index (χ4v) is 1.11. The summed E-state index contributed by atoms with van der Waals surface area (Å²) in [7, 11) is 0. The first-order chi connectivity index (χ1) is 15.5. The van der Waals surface area contributed by atoms with E-state index in [1.807, 2.05) is 0 Å². The Hall–Kier alpha value is -2.37. The van der Waals surface area contributed by atoms with Gasteiger partial charge in [0.15, 0.2) is 5.78 Å². The van der Waals surface area contributed by atoms with Gasteiger partial charge in [0.05, 0.1) is 18.6 Å². The van der Waals surface area contributed by atoms with Gasteiger partial charge in [0.25, 0.3) is 0 Å². The van der Waals surface area contributed by atoms with Crippen molar-refractivity contribution in [2.24, 2.45) is 10.8 Å². The summed E-state index contributed by atoms with van der Waals surface area (Å²) in [4.78, 5) is 52.6. The summed E-state index contributed by atoms with van der Waals surface area (Å²) in [6, 6.07) is 0. The van der Waals surface area contributed by atoms with Crippen molar-refractivity contribution in [1.82, 2.24) is 0 Å². The van der Waals surface area contributed by atoms with Crippen molar-refractivity contribution in [3.8, 4) is 0 Å². The van der Waals surface area contributed by atoms with Gasteiger partial charge in [-0.3, -0.25) is 24.0 Å². The van der Waals surface area contributed by atoms with E-state index >= 15 is 0 Å². The molecule has 0 aromatic carbocycles. The van der Waals surface area contributed by atoms with E-state index in [0.717, 1.165) is 6.42 Å². The van der Waals surface area contributed by atoms with Crippen LogP contribution >= 0.6 is 0 Å². The number of ether oxygens (including phenoxy) is 2. The average molecular weight is 495 g/mol. The molecule has 0 aliphatic carbocycles. The number of hydrogen-bond acceptors (Lipinski definition) is 7. The van der Waals surface area contributed by atoms with Crippen molar-refractivity contribution < 1.29 is 62.5 Å². The fourth-order valence-electron chi connectivity index (χ4n) is 1.11. The molecule has 0 amide bonds. The Morgan fingerprint density at radius 2 is 1.14 bits per heavy atom. The van der Waals surface area contributed by atoms with Crippen LogP contribution < -0.4 is 18.9 Å². The maximum Gasteiger partial charge on any atom is 1.00 e. The Morgan fingerprint density at radius 1 is 0.800 bits per heavy atom. The first-order valence-corrected chi connectivity index (χ1v) is 10.9. The zero-order chi connectivity index (χ0) is 28.0. The maximum atomic E-state index is 11.4. The molecule has 0 atom stereocenters. The van der Waals surface area contributed by atoms with Gasteiger partial charge in [-0.05, 0) is 41.5 Å². The van der Waals surface area contributed by atoms with E-state index in [1.165, 1.54) is 18.6 Å². The second-order valence-corrected chi connectivity index (χ2v) is 7.79. The summed E-state index contributed by atoms with van der Waals surface area (Å²) in [5, 5.41) is 16.4. The van der Waals surface area contributed by atoms with E-state index in [0.29, 0.717) is 6.61 Å². The summed E-state index contributed by atoms with van der Waals surface area (Å²) < 4.78 is 8.99. The normalized spacial score (nSPS) is 9.49. The summed E-state index contributed by atoms with van der Waals surface area (Å²) >= 11 is 0. The average Bonchev–Trinajstić information content (AvgIpc) is 2.74. The molecule has 2 N–H and O–H groups in total. The molecule has 0 fully saturated rings. The third-order valence-electron chi connectivity index (χ3n) is 3.86. The van der Waals surface area contributed by atoms with E-state index in [2.05, 4.69) is 36.5 Å². The van der Waals surface area contributed by atoms with Crippen LogP contribution in [0, 0.1) is 17.8 Å². The number of unbranched alkanes of at least 4 members (excludes halogenated alkanes) is 1. The van der Waals surface area contributed by atoms with Gasteiger partial charge in [-0.15, -0.1) is 13.2 Å². The summed E-state index contributed by atoms with van der Waals surface area (Å²) in [5.41, 5.74) is -1.42. The predicted octanol–water partition coefficient (Wildman–Crippen LogP) is 1.65. The molecule has 0 aromatic heterocycles. The topological polar surface area (TPSA) is 144 Å². The zero-order valence-corrected chi connectivity index (χ0v) is 22.8. The maximum absolute atomic E-state index is 11.4. The molecule has 0 radical (unpaired) electrons. The molecule has 0 aromatic rings. The molecule has 35 heavy (non-hydrogen) atoms. The van der Waals surface area contributed by atoms with Crippen LogP contribution in [0.1, 0.15) is 74.1 Å². The number of Topliss-reactive ketones (excluding diaryl/α,β-unsaturated/α-hetero) is 1. The van der Waals surface area contributed by atoms with Crippen LogP contribution in [0.15, 0.2) is 25.3 Å². The first-order valence-electron chi connectivity index (χ1n) is 10.9. The minimum atomic E-state index is -1.16. The number of hydrogen-bond donors (Lipinski definition) is 2. The molecule has 0 saturated carbocycles. The number of carboxylic acid groups (broad SMARTS) is 2. The van der Waals surface area contributed by atoms with Gasteiger partial charge in [-0.2, -0.15) is 6.42 Å². The molecule has 0 heterocycles. The summed E-state index contributed by atoms with van der Waals surface area (Å²) in [6.45, 7) is 23.1. The van der Waals surface area contributed by atoms with Crippen LogP contribution in [-0.4, -0.2) is 53.1 Å². The molecule has 0 spiro atoms. The van der Waals surface area contributed by atoms with Crippen molar-refractivity contribution in [2.45, 2.75) is 74.1 Å². The van der Waals surface area contributed by atoms with Crippen LogP contribution in [0.25, 0.3) is 0 Å². The molecule has 0 aliphatic heterocycles. The largest absolute Gasteiger partial charge is 1.00 e. The van der Waals surface area contributed by atoms with Gasteiger partial charge in [0.2, 0.25) is 0 Å². The van der Waals surface area contributed by atoms with Gasteiger partial charge in [-0.1, -0.05) is 25.5 Å². The molecular weight excluding hydrogens is 451 g/mol. The Balaban J connectivity index is -0.000000121. The molecule has 9 nitrogen and oxygen atoms in total. The third kappa shape index (κ3) is 29.6. The second kappa shape index (κ2) is 24.7. The van der Waals surface area contributed by atoms with Gasteiger partial charge in [-0.25, -0.2) is 0 Å². The van der Waals surface area contributed by atoms with Crippen LogP contribution in [0.5, 0.6) is 0 Å². The number of carboxylic acids is 2. The standard InChI is InChI=1S/C10H16O3.C6H10O2.C5H8O4.C4H9.Li/c1-5-10(3,4)8(11)7-9(12)13-6-2;1-4-6(2,3)5(7)8;1-2-9-5(8)3-4(6)7;1-3-4-2;/h5H,1,6-7H2,2-4H3;4H,1H2,2-3H3,(H,7,8);2-3H2,1H3,(H,6,7);1,3-4H2,2H3;/q;;;-1;+1. The SMILES string of the molecule is C=CC(C)(C)C(=O)CC(=O)OCC.C=CC(C)(C)C(=O)O.CCOC(=O)CC(=O)O.[CH2-]CCC.[Li+]. The number of allylic oxidation sites excluding steroid dienone is 1. The molecule has 198 valence electrons. The smallest absolute Gasteiger partial charge is 0.481 e. The Labute approximate surface area is 222 Å². The van der Waals surface area contributed by atoms with Gasteiger partial charge < -0.3 is 26.6 Å². The van der Waals surface area contributed by atoms with E-state index in [-0.39, 0.29) is 37.7 Å². The van der Waals surface area contributed by atoms with Crippen molar-refractivity contribution in [1.29, 1.82) is 0 Å². The zero-order valence-electron chi connectivity index (χ0n) is 22.8. The number of aliphatic carboxylic acids is 2. The Morgan fingerprint density at radius 3 is 1.34 bits per heavy atom. The van der Waals surface area contributed by atoms with E-state index in [9.17, 15) is 24.0 Å². The number of esters is 2. The molecular formula is C25H43LiO9. The molecule has 0 aliphatic rings. The van der Waals surface area contributed by atoms with Crippen molar-refractivity contribution in [3.63, 3.8) is 0 Å². The molecule has 0 rings (SSSR count). The number of rotatable bonds is 11. The Kier molecular flexibility index (Phi) is 30.2. The van der Waals surface area contributed by atoms with Gasteiger partial charge in [0, 0.05) is 5.41 Å². The third-order valence-corrected chi connectivity index (χ3v) is 3.86. The van der Waals surface area contributed by atoms with Crippen LogP contribution in [0.2, 0.25) is 0 Å². The number of ketones is 1. The second-order valence-electron chi connectivity index (χ2n) is 7.79.